The monoisotopic (exact) mass is 399 g/mol. The lowest BCUT2D eigenvalue weighted by Crippen LogP contribution is -2.62. The van der Waals surface area contributed by atoms with Crippen LogP contribution in [0.3, 0.4) is 0 Å². The minimum absolute atomic E-state index is 0.0855. The van der Waals surface area contributed by atoms with Crippen molar-refractivity contribution in [2.45, 2.75) is 24.8 Å². The molecule has 2 atom stereocenters. The average Bonchev–Trinajstić information content (AvgIpc) is 2.68. The molecule has 0 saturated carbocycles. The van der Waals surface area contributed by atoms with Gasteiger partial charge in [-0.25, -0.2) is 0 Å². The highest BCUT2D eigenvalue weighted by Gasteiger charge is 2.49. The van der Waals surface area contributed by atoms with Crippen LogP contribution in [-0.4, -0.2) is 43.8 Å². The van der Waals surface area contributed by atoms with Crippen molar-refractivity contribution in [3.8, 4) is 0 Å². The summed E-state index contributed by atoms with van der Waals surface area (Å²) in [6, 6.07) is 18.4. The topological polar surface area (TPSA) is 38.8 Å². The summed E-state index contributed by atoms with van der Waals surface area (Å²) in [5, 5.41) is 0.741. The van der Waals surface area contributed by atoms with Crippen LogP contribution in [0.2, 0.25) is 5.02 Å². The molecular weight excluding hydrogens is 374 g/mol. The molecule has 0 aromatic heterocycles. The summed E-state index contributed by atoms with van der Waals surface area (Å²) in [6.07, 6.45) is 0.778. The van der Waals surface area contributed by atoms with E-state index in [0.29, 0.717) is 19.8 Å². The van der Waals surface area contributed by atoms with E-state index in [-0.39, 0.29) is 23.3 Å². The normalized spacial score (nSPS) is 24.4. The van der Waals surface area contributed by atoms with Gasteiger partial charge in [0.15, 0.2) is 0 Å². The molecule has 0 amide bonds. The minimum Gasteiger partial charge on any atom is -0.466 e. The maximum atomic E-state index is 12.7. The van der Waals surface area contributed by atoms with Crippen molar-refractivity contribution in [3.63, 3.8) is 0 Å². The zero-order chi connectivity index (χ0) is 19.6. The van der Waals surface area contributed by atoms with Crippen LogP contribution in [0.5, 0.6) is 0 Å². The van der Waals surface area contributed by atoms with Gasteiger partial charge < -0.3 is 9.47 Å². The highest BCUT2D eigenvalue weighted by molar-refractivity contribution is 6.30. The van der Waals surface area contributed by atoms with Gasteiger partial charge in [-0.1, -0.05) is 54.1 Å². The summed E-state index contributed by atoms with van der Waals surface area (Å²) >= 11 is 6.27. The third-order valence-corrected chi connectivity index (χ3v) is 6.31. The third-order valence-electron chi connectivity index (χ3n) is 6.08. The second-order valence-electron chi connectivity index (χ2n) is 7.65. The fraction of sp³-hybridized carbons (Fsp3) is 0.435. The Kier molecular flexibility index (Phi) is 5.72. The molecule has 0 aliphatic carbocycles. The van der Waals surface area contributed by atoms with Crippen molar-refractivity contribution in [1.82, 2.24) is 4.90 Å². The fourth-order valence-corrected chi connectivity index (χ4v) is 4.71. The van der Waals surface area contributed by atoms with Crippen molar-refractivity contribution in [3.05, 3.63) is 70.7 Å². The van der Waals surface area contributed by atoms with E-state index in [0.717, 1.165) is 24.5 Å². The number of halogens is 1. The molecule has 2 fully saturated rings. The van der Waals surface area contributed by atoms with Gasteiger partial charge in [0.2, 0.25) is 0 Å². The van der Waals surface area contributed by atoms with Crippen LogP contribution in [0.4, 0.5) is 0 Å². The second-order valence-corrected chi connectivity index (χ2v) is 8.08. The van der Waals surface area contributed by atoms with Crippen LogP contribution in [0, 0.1) is 5.92 Å². The molecule has 5 heteroatoms. The van der Waals surface area contributed by atoms with Gasteiger partial charge in [-0.3, -0.25) is 9.69 Å². The smallest absolute Gasteiger partial charge is 0.309 e. The molecule has 148 valence electrons. The number of hydrogen-bond acceptors (Lipinski definition) is 4. The number of likely N-dealkylation sites (tertiary alicyclic amines) is 1. The molecule has 2 aliphatic rings. The molecule has 2 aromatic rings. The summed E-state index contributed by atoms with van der Waals surface area (Å²) in [6.45, 7) is 5.22. The Bertz CT molecular complexity index is 822. The molecule has 2 aliphatic heterocycles. The summed E-state index contributed by atoms with van der Waals surface area (Å²) in [7, 11) is 0. The van der Waals surface area contributed by atoms with Crippen LogP contribution in [0.15, 0.2) is 54.6 Å². The quantitative estimate of drug-likeness (QED) is 0.705. The highest BCUT2D eigenvalue weighted by atomic mass is 35.5. The van der Waals surface area contributed by atoms with E-state index in [1.807, 2.05) is 43.3 Å². The number of rotatable bonds is 5. The Morgan fingerprint density at radius 2 is 2.00 bits per heavy atom. The Morgan fingerprint density at radius 3 is 2.64 bits per heavy atom. The van der Waals surface area contributed by atoms with E-state index in [2.05, 4.69) is 23.1 Å². The van der Waals surface area contributed by atoms with Gasteiger partial charge in [0.25, 0.3) is 0 Å². The van der Waals surface area contributed by atoms with Gasteiger partial charge in [-0.2, -0.15) is 0 Å². The van der Waals surface area contributed by atoms with Crippen LogP contribution in [-0.2, 0) is 19.8 Å². The van der Waals surface area contributed by atoms with Crippen molar-refractivity contribution >= 4 is 17.6 Å². The van der Waals surface area contributed by atoms with E-state index in [1.165, 1.54) is 11.1 Å². The van der Waals surface area contributed by atoms with Crippen LogP contribution < -0.4 is 0 Å². The molecular formula is C23H26ClNO3. The highest BCUT2D eigenvalue weighted by Crippen LogP contribution is 2.43. The molecule has 0 N–H and O–H groups in total. The van der Waals surface area contributed by atoms with Gasteiger partial charge in [-0.05, 0) is 36.6 Å². The number of ether oxygens (including phenoxy) is 2. The lowest BCUT2D eigenvalue weighted by Gasteiger charge is -2.53. The van der Waals surface area contributed by atoms with Crippen LogP contribution in [0.25, 0.3) is 0 Å². The molecule has 2 aromatic carbocycles. The summed E-state index contributed by atoms with van der Waals surface area (Å²) < 4.78 is 11.1. The van der Waals surface area contributed by atoms with Crippen molar-refractivity contribution in [1.29, 1.82) is 0 Å². The molecule has 0 bridgehead atoms. The van der Waals surface area contributed by atoms with E-state index < -0.39 is 0 Å². The molecule has 28 heavy (non-hydrogen) atoms. The molecule has 0 radical (unpaired) electrons. The Labute approximate surface area is 171 Å². The van der Waals surface area contributed by atoms with E-state index in [1.54, 1.807) is 0 Å². The zero-order valence-electron chi connectivity index (χ0n) is 16.1. The lowest BCUT2D eigenvalue weighted by molar-refractivity contribution is -0.166. The second kappa shape index (κ2) is 8.24. The number of esters is 1. The molecule has 4 nitrogen and oxygen atoms in total. The summed E-state index contributed by atoms with van der Waals surface area (Å²) in [5.41, 5.74) is 2.21. The molecule has 4 rings (SSSR count). The Balaban J connectivity index is 1.64. The van der Waals surface area contributed by atoms with Crippen molar-refractivity contribution < 1.29 is 14.3 Å². The first-order valence-electron chi connectivity index (χ1n) is 9.94. The lowest BCUT2D eigenvalue weighted by atomic mass is 9.76. The fourth-order valence-electron chi connectivity index (χ4n) is 4.52. The number of hydrogen-bond donors (Lipinski definition) is 0. The standard InChI is InChI=1S/C23H26ClNO3/c1-2-28-22(26)20-11-12-25(14-21(20)17-7-4-3-5-8-17)23(15-27-16-23)18-9-6-10-19(24)13-18/h3-10,13,20-21H,2,11-12,14-16H2,1H3/t20-,21+/m1/s1. The number of carbonyl (C=O) groups excluding carboxylic acids is 1. The van der Waals surface area contributed by atoms with Crippen molar-refractivity contribution in [2.24, 2.45) is 5.92 Å². The Hall–Kier alpha value is -1.88. The Morgan fingerprint density at radius 1 is 1.21 bits per heavy atom. The maximum absolute atomic E-state index is 12.7. The number of nitrogens with zero attached hydrogens (tertiary/aromatic N) is 1. The van der Waals surface area contributed by atoms with Crippen LogP contribution >= 0.6 is 11.6 Å². The van der Waals surface area contributed by atoms with Gasteiger partial charge >= 0.3 is 5.97 Å². The number of piperidine rings is 1. The molecule has 0 unspecified atom stereocenters. The average molecular weight is 400 g/mol. The van der Waals surface area contributed by atoms with Gasteiger partial charge in [0.1, 0.15) is 0 Å². The SMILES string of the molecule is CCOC(=O)[C@@H]1CCN(C2(c3cccc(Cl)c3)COC2)C[C@H]1c1ccccc1. The zero-order valence-corrected chi connectivity index (χ0v) is 16.9. The van der Waals surface area contributed by atoms with Gasteiger partial charge in [0.05, 0.1) is 31.3 Å². The van der Waals surface area contributed by atoms with E-state index in [9.17, 15) is 4.79 Å². The largest absolute Gasteiger partial charge is 0.466 e. The van der Waals surface area contributed by atoms with Crippen LogP contribution in [0.1, 0.15) is 30.4 Å². The van der Waals surface area contributed by atoms with Gasteiger partial charge in [0, 0.05) is 24.0 Å². The summed E-state index contributed by atoms with van der Waals surface area (Å²) in [4.78, 5) is 15.1. The predicted octanol–water partition coefficient (Wildman–Crippen LogP) is 4.23. The first-order chi connectivity index (χ1) is 13.6. The minimum atomic E-state index is -0.169. The van der Waals surface area contributed by atoms with Crippen molar-refractivity contribution in [2.75, 3.05) is 32.9 Å². The van der Waals surface area contributed by atoms with Gasteiger partial charge in [-0.15, -0.1) is 0 Å². The summed E-state index contributed by atoms with van der Waals surface area (Å²) in [5.74, 6) is -0.0978. The van der Waals surface area contributed by atoms with E-state index in [4.69, 9.17) is 21.1 Å². The first kappa shape index (κ1) is 19.4. The number of carbonyl (C=O) groups is 1. The molecule has 0 spiro atoms. The number of benzene rings is 2. The maximum Gasteiger partial charge on any atom is 0.309 e. The predicted molar refractivity (Wildman–Crippen MR) is 109 cm³/mol. The molecule has 2 saturated heterocycles. The molecule has 2 heterocycles. The van der Waals surface area contributed by atoms with E-state index >= 15 is 0 Å². The third kappa shape index (κ3) is 3.57. The first-order valence-corrected chi connectivity index (χ1v) is 10.3.